The zero-order valence-corrected chi connectivity index (χ0v) is 10.5. The Morgan fingerprint density at radius 3 is 2.31 bits per heavy atom. The lowest BCUT2D eigenvalue weighted by Crippen LogP contribution is -2.27. The van der Waals surface area contributed by atoms with Gasteiger partial charge in [0, 0.05) is 19.4 Å². The fraction of sp³-hybridized carbons (Fsp3) is 0.833. The monoisotopic (exact) mass is 229 g/mol. The number of aliphatic carboxylic acids is 1. The van der Waals surface area contributed by atoms with Crippen LogP contribution in [-0.2, 0) is 9.59 Å². The average Bonchev–Trinajstić information content (AvgIpc) is 2.16. The lowest BCUT2D eigenvalue weighted by molar-refractivity contribution is -0.137. The highest BCUT2D eigenvalue weighted by Gasteiger charge is 2.11. The smallest absolute Gasteiger partial charge is 0.303 e. The van der Waals surface area contributed by atoms with Gasteiger partial charge in [-0.1, -0.05) is 20.8 Å². The Labute approximate surface area is 97.4 Å². The van der Waals surface area contributed by atoms with Crippen molar-refractivity contribution in [1.29, 1.82) is 0 Å². The van der Waals surface area contributed by atoms with Crippen LogP contribution >= 0.6 is 0 Å². The number of rotatable bonds is 8. The number of carbonyl (C=O) groups excluding carboxylic acids is 1. The molecule has 16 heavy (non-hydrogen) atoms. The topological polar surface area (TPSA) is 66.4 Å². The molecule has 1 amide bonds. The molecule has 1 unspecified atom stereocenters. The summed E-state index contributed by atoms with van der Waals surface area (Å²) in [6, 6.07) is 0. The molecule has 0 spiro atoms. The molecule has 0 aliphatic carbocycles. The number of unbranched alkanes of at least 4 members (excludes halogenated alkanes) is 1. The molecule has 4 heteroatoms. The fourth-order valence-corrected chi connectivity index (χ4v) is 1.23. The van der Waals surface area contributed by atoms with Crippen LogP contribution in [0, 0.1) is 11.8 Å². The lowest BCUT2D eigenvalue weighted by Gasteiger charge is -2.14. The first-order valence-electron chi connectivity index (χ1n) is 5.92. The molecular formula is C12H23NO3. The summed E-state index contributed by atoms with van der Waals surface area (Å²) in [5, 5.41) is 11.2. The Kier molecular flexibility index (Phi) is 7.60. The standard InChI is InChI=1S/C12H23NO3/c1-9(2)10(3)8-11(14)13-7-5-4-6-12(15)16/h9-10H,4-8H2,1-3H3,(H,13,14)(H,15,16). The normalized spacial score (nSPS) is 12.5. The van der Waals surface area contributed by atoms with Gasteiger partial charge in [-0.15, -0.1) is 0 Å². The predicted molar refractivity (Wildman–Crippen MR) is 63.1 cm³/mol. The summed E-state index contributed by atoms with van der Waals surface area (Å²) in [6.45, 7) is 6.85. The molecule has 0 heterocycles. The van der Waals surface area contributed by atoms with Crippen molar-refractivity contribution in [3.63, 3.8) is 0 Å². The molecule has 0 fully saturated rings. The van der Waals surface area contributed by atoms with Crippen LogP contribution < -0.4 is 5.32 Å². The van der Waals surface area contributed by atoms with Crippen LogP contribution in [0.2, 0.25) is 0 Å². The first-order chi connectivity index (χ1) is 7.43. The molecule has 4 nitrogen and oxygen atoms in total. The van der Waals surface area contributed by atoms with E-state index in [9.17, 15) is 9.59 Å². The minimum absolute atomic E-state index is 0.0662. The zero-order valence-electron chi connectivity index (χ0n) is 10.5. The van der Waals surface area contributed by atoms with Crippen LogP contribution in [0.1, 0.15) is 46.5 Å². The van der Waals surface area contributed by atoms with Gasteiger partial charge < -0.3 is 10.4 Å². The van der Waals surface area contributed by atoms with Gasteiger partial charge in [-0.05, 0) is 24.7 Å². The van der Waals surface area contributed by atoms with Crippen molar-refractivity contribution >= 4 is 11.9 Å². The van der Waals surface area contributed by atoms with Gasteiger partial charge in [-0.25, -0.2) is 0 Å². The quantitative estimate of drug-likeness (QED) is 0.626. The number of hydrogen-bond donors (Lipinski definition) is 2. The Balaban J connectivity index is 3.47. The van der Waals surface area contributed by atoms with Gasteiger partial charge in [0.05, 0.1) is 0 Å². The van der Waals surface area contributed by atoms with Crippen LogP contribution in [0.4, 0.5) is 0 Å². The van der Waals surface area contributed by atoms with Gasteiger partial charge in [0.1, 0.15) is 0 Å². The highest BCUT2D eigenvalue weighted by molar-refractivity contribution is 5.76. The molecule has 0 bridgehead atoms. The van der Waals surface area contributed by atoms with Crippen molar-refractivity contribution in [1.82, 2.24) is 5.32 Å². The van der Waals surface area contributed by atoms with Crippen LogP contribution in [0.3, 0.4) is 0 Å². The summed E-state index contributed by atoms with van der Waals surface area (Å²) >= 11 is 0. The summed E-state index contributed by atoms with van der Waals surface area (Å²) in [5.41, 5.74) is 0. The highest BCUT2D eigenvalue weighted by atomic mass is 16.4. The number of carboxylic acid groups (broad SMARTS) is 1. The molecule has 94 valence electrons. The lowest BCUT2D eigenvalue weighted by atomic mass is 9.94. The summed E-state index contributed by atoms with van der Waals surface area (Å²) in [4.78, 5) is 21.7. The maximum Gasteiger partial charge on any atom is 0.303 e. The van der Waals surface area contributed by atoms with Crippen LogP contribution in [0.15, 0.2) is 0 Å². The fourth-order valence-electron chi connectivity index (χ4n) is 1.23. The van der Waals surface area contributed by atoms with E-state index in [4.69, 9.17) is 5.11 Å². The number of amides is 1. The molecule has 0 aliphatic heterocycles. The van der Waals surface area contributed by atoms with E-state index in [1.807, 2.05) is 0 Å². The third kappa shape index (κ3) is 8.26. The van der Waals surface area contributed by atoms with Crippen molar-refractivity contribution in [3.8, 4) is 0 Å². The first-order valence-corrected chi connectivity index (χ1v) is 5.92. The summed E-state index contributed by atoms with van der Waals surface area (Å²) < 4.78 is 0. The van der Waals surface area contributed by atoms with Gasteiger partial charge in [0.25, 0.3) is 0 Å². The third-order valence-electron chi connectivity index (χ3n) is 2.79. The predicted octanol–water partition coefficient (Wildman–Crippen LogP) is 2.04. The number of nitrogens with one attached hydrogen (secondary N) is 1. The summed E-state index contributed by atoms with van der Waals surface area (Å²) in [5.74, 6) is 0.188. The van der Waals surface area contributed by atoms with Gasteiger partial charge in [-0.3, -0.25) is 9.59 Å². The minimum atomic E-state index is -0.778. The molecule has 0 rings (SSSR count). The van der Waals surface area contributed by atoms with E-state index in [-0.39, 0.29) is 12.3 Å². The third-order valence-corrected chi connectivity index (χ3v) is 2.79. The second kappa shape index (κ2) is 8.13. The van der Waals surface area contributed by atoms with Crippen LogP contribution in [0.5, 0.6) is 0 Å². The maximum atomic E-state index is 11.4. The Bertz CT molecular complexity index is 226. The van der Waals surface area contributed by atoms with E-state index in [2.05, 4.69) is 26.1 Å². The molecule has 0 radical (unpaired) electrons. The average molecular weight is 229 g/mol. The summed E-state index contributed by atoms with van der Waals surface area (Å²) in [7, 11) is 0. The van der Waals surface area contributed by atoms with E-state index >= 15 is 0 Å². The van der Waals surface area contributed by atoms with E-state index in [1.54, 1.807) is 0 Å². The van der Waals surface area contributed by atoms with Crippen molar-refractivity contribution < 1.29 is 14.7 Å². The van der Waals surface area contributed by atoms with E-state index in [0.717, 1.165) is 6.42 Å². The molecule has 2 N–H and O–H groups in total. The molecule has 1 atom stereocenters. The second-order valence-corrected chi connectivity index (χ2v) is 4.63. The SMILES string of the molecule is CC(C)C(C)CC(=O)NCCCCC(=O)O. The molecule has 0 aromatic carbocycles. The number of carbonyl (C=O) groups is 2. The Morgan fingerprint density at radius 2 is 1.81 bits per heavy atom. The largest absolute Gasteiger partial charge is 0.481 e. The Hall–Kier alpha value is -1.06. The van der Waals surface area contributed by atoms with Gasteiger partial charge in [0.15, 0.2) is 0 Å². The zero-order chi connectivity index (χ0) is 12.6. The van der Waals surface area contributed by atoms with E-state index in [0.29, 0.717) is 31.2 Å². The van der Waals surface area contributed by atoms with Crippen molar-refractivity contribution in [2.45, 2.75) is 46.5 Å². The Morgan fingerprint density at radius 1 is 1.19 bits per heavy atom. The molecule has 0 aliphatic rings. The van der Waals surface area contributed by atoms with Crippen molar-refractivity contribution in [2.24, 2.45) is 11.8 Å². The molecule has 0 aromatic rings. The number of hydrogen-bond acceptors (Lipinski definition) is 2. The van der Waals surface area contributed by atoms with E-state index in [1.165, 1.54) is 0 Å². The van der Waals surface area contributed by atoms with Crippen LogP contribution in [0.25, 0.3) is 0 Å². The van der Waals surface area contributed by atoms with Crippen molar-refractivity contribution in [3.05, 3.63) is 0 Å². The van der Waals surface area contributed by atoms with E-state index < -0.39 is 5.97 Å². The number of carboxylic acids is 1. The molecule has 0 saturated carbocycles. The van der Waals surface area contributed by atoms with Gasteiger partial charge in [0.2, 0.25) is 5.91 Å². The highest BCUT2D eigenvalue weighted by Crippen LogP contribution is 2.13. The minimum Gasteiger partial charge on any atom is -0.481 e. The van der Waals surface area contributed by atoms with Crippen LogP contribution in [-0.4, -0.2) is 23.5 Å². The first kappa shape index (κ1) is 14.9. The molecule has 0 saturated heterocycles. The maximum absolute atomic E-state index is 11.4. The summed E-state index contributed by atoms with van der Waals surface area (Å²) in [6.07, 6.45) is 2.08. The van der Waals surface area contributed by atoms with Gasteiger partial charge in [-0.2, -0.15) is 0 Å². The van der Waals surface area contributed by atoms with Gasteiger partial charge >= 0.3 is 5.97 Å². The molecule has 0 aromatic heterocycles. The second-order valence-electron chi connectivity index (χ2n) is 4.63. The van der Waals surface area contributed by atoms with Crippen molar-refractivity contribution in [2.75, 3.05) is 6.54 Å². The molecular weight excluding hydrogens is 206 g/mol.